The first kappa shape index (κ1) is 13.2. The molecular weight excluding hydrogens is 244 g/mol. The van der Waals surface area contributed by atoms with Crippen LogP contribution in [0.5, 0.6) is 0 Å². The lowest BCUT2D eigenvalue weighted by Crippen LogP contribution is -2.19. The molecule has 2 aromatic rings. The molecule has 0 bridgehead atoms. The van der Waals surface area contributed by atoms with E-state index in [1.165, 1.54) is 0 Å². The number of rotatable bonds is 5. The predicted molar refractivity (Wildman–Crippen MR) is 75.0 cm³/mol. The molecule has 4 nitrogen and oxygen atoms in total. The minimum Gasteiger partial charge on any atom is -0.311 e. The maximum Gasteiger partial charge on any atom is 0.0898 e. The van der Waals surface area contributed by atoms with Gasteiger partial charge in [0.25, 0.3) is 0 Å². The fraction of sp³-hybridized carbons (Fsp3) is 0.538. The van der Waals surface area contributed by atoms with Crippen LogP contribution in [-0.2, 0) is 6.42 Å². The van der Waals surface area contributed by atoms with Gasteiger partial charge in [0.15, 0.2) is 0 Å². The lowest BCUT2D eigenvalue weighted by Gasteiger charge is -2.12. The van der Waals surface area contributed by atoms with Gasteiger partial charge in [0.2, 0.25) is 0 Å². The smallest absolute Gasteiger partial charge is 0.0898 e. The Morgan fingerprint density at radius 2 is 2.22 bits per heavy atom. The number of nitrogens with one attached hydrogen (secondary N) is 1. The van der Waals surface area contributed by atoms with Crippen LogP contribution in [0.3, 0.4) is 0 Å². The number of aromatic nitrogens is 3. The fourth-order valence-electron chi connectivity index (χ4n) is 1.88. The maximum absolute atomic E-state index is 4.58. The first-order chi connectivity index (χ1) is 8.60. The Morgan fingerprint density at radius 3 is 2.72 bits per heavy atom. The van der Waals surface area contributed by atoms with Gasteiger partial charge in [-0.2, -0.15) is 5.10 Å². The molecule has 0 saturated heterocycles. The molecule has 0 fully saturated rings. The molecular formula is C13H20N4S. The minimum atomic E-state index is 0.241. The molecule has 0 aliphatic carbocycles. The molecule has 0 radical (unpaired) electrons. The summed E-state index contributed by atoms with van der Waals surface area (Å²) in [6.07, 6.45) is 2.92. The van der Waals surface area contributed by atoms with E-state index in [1.54, 1.807) is 11.3 Å². The van der Waals surface area contributed by atoms with Crippen molar-refractivity contribution in [3.8, 4) is 0 Å². The molecule has 5 heteroatoms. The van der Waals surface area contributed by atoms with Gasteiger partial charge in [0, 0.05) is 24.0 Å². The van der Waals surface area contributed by atoms with Gasteiger partial charge in [0.1, 0.15) is 0 Å². The second-order valence-corrected chi connectivity index (χ2v) is 5.78. The third-order valence-corrected chi connectivity index (χ3v) is 3.74. The third kappa shape index (κ3) is 2.97. The molecule has 0 aliphatic rings. The van der Waals surface area contributed by atoms with Crippen molar-refractivity contribution in [1.29, 1.82) is 0 Å². The van der Waals surface area contributed by atoms with Gasteiger partial charge >= 0.3 is 0 Å². The Hall–Kier alpha value is -1.20. The van der Waals surface area contributed by atoms with E-state index in [4.69, 9.17) is 0 Å². The summed E-state index contributed by atoms with van der Waals surface area (Å²) in [6.45, 7) is 6.31. The zero-order valence-corrected chi connectivity index (χ0v) is 12.2. The molecule has 1 atom stereocenters. The molecule has 0 aromatic carbocycles. The largest absolute Gasteiger partial charge is 0.311 e. The summed E-state index contributed by atoms with van der Waals surface area (Å²) >= 11 is 1.69. The van der Waals surface area contributed by atoms with Crippen molar-refractivity contribution in [2.75, 3.05) is 7.05 Å². The molecule has 2 heterocycles. The van der Waals surface area contributed by atoms with E-state index < -0.39 is 0 Å². The van der Waals surface area contributed by atoms with Gasteiger partial charge in [-0.3, -0.25) is 4.68 Å². The summed E-state index contributed by atoms with van der Waals surface area (Å²) in [5.74, 6) is 0. The second kappa shape index (κ2) is 5.63. The zero-order valence-electron chi connectivity index (χ0n) is 11.3. The van der Waals surface area contributed by atoms with Crippen LogP contribution in [0.1, 0.15) is 42.3 Å². The summed E-state index contributed by atoms with van der Waals surface area (Å²) in [4.78, 5) is 4.54. The molecule has 2 aromatic heterocycles. The number of thiazole rings is 1. The van der Waals surface area contributed by atoms with E-state index in [0.717, 1.165) is 22.8 Å². The molecule has 18 heavy (non-hydrogen) atoms. The van der Waals surface area contributed by atoms with Crippen molar-refractivity contribution in [2.24, 2.45) is 0 Å². The average molecular weight is 264 g/mol. The normalized spacial score (nSPS) is 13.2. The van der Waals surface area contributed by atoms with Crippen LogP contribution in [0.4, 0.5) is 0 Å². The standard InChI is InChI=1S/C13H20N4S/c1-9(2)17-6-5-11(16-17)7-12(14-4)13-8-18-10(3)15-13/h5-6,8-9,12,14H,7H2,1-4H3. The number of aryl methyl sites for hydroxylation is 1. The third-order valence-electron chi connectivity index (χ3n) is 2.95. The summed E-state index contributed by atoms with van der Waals surface area (Å²) in [7, 11) is 1.97. The summed E-state index contributed by atoms with van der Waals surface area (Å²) in [5, 5.41) is 11.1. The summed E-state index contributed by atoms with van der Waals surface area (Å²) in [5.41, 5.74) is 2.22. The van der Waals surface area contributed by atoms with E-state index in [9.17, 15) is 0 Å². The van der Waals surface area contributed by atoms with Crippen molar-refractivity contribution in [3.63, 3.8) is 0 Å². The van der Waals surface area contributed by atoms with E-state index in [-0.39, 0.29) is 6.04 Å². The fourth-order valence-corrected chi connectivity index (χ4v) is 2.54. The van der Waals surface area contributed by atoms with Crippen molar-refractivity contribution in [1.82, 2.24) is 20.1 Å². The Labute approximate surface area is 112 Å². The Bertz CT molecular complexity index is 501. The molecule has 1 N–H and O–H groups in total. The van der Waals surface area contributed by atoms with Gasteiger partial charge in [-0.25, -0.2) is 4.98 Å². The highest BCUT2D eigenvalue weighted by atomic mass is 32.1. The highest BCUT2D eigenvalue weighted by Gasteiger charge is 2.15. The highest BCUT2D eigenvalue weighted by Crippen LogP contribution is 2.19. The number of hydrogen-bond donors (Lipinski definition) is 1. The van der Waals surface area contributed by atoms with Crippen LogP contribution in [-0.4, -0.2) is 21.8 Å². The van der Waals surface area contributed by atoms with Gasteiger partial charge in [0.05, 0.1) is 22.4 Å². The number of likely N-dealkylation sites (N-methyl/N-ethyl adjacent to an activating group) is 1. The average Bonchev–Trinajstić information content (AvgIpc) is 2.94. The molecule has 0 aliphatic heterocycles. The lowest BCUT2D eigenvalue weighted by molar-refractivity contribution is 0.512. The van der Waals surface area contributed by atoms with Crippen molar-refractivity contribution >= 4 is 11.3 Å². The second-order valence-electron chi connectivity index (χ2n) is 4.72. The van der Waals surface area contributed by atoms with Gasteiger partial charge < -0.3 is 5.32 Å². The summed E-state index contributed by atoms with van der Waals surface area (Å²) in [6, 6.07) is 2.74. The van der Waals surface area contributed by atoms with Gasteiger partial charge in [-0.15, -0.1) is 11.3 Å². The van der Waals surface area contributed by atoms with Crippen LogP contribution in [0, 0.1) is 6.92 Å². The maximum atomic E-state index is 4.58. The SMILES string of the molecule is CNC(Cc1ccn(C(C)C)n1)c1csc(C)n1. The highest BCUT2D eigenvalue weighted by molar-refractivity contribution is 7.09. The van der Waals surface area contributed by atoms with Crippen LogP contribution >= 0.6 is 11.3 Å². The molecule has 0 amide bonds. The lowest BCUT2D eigenvalue weighted by atomic mass is 10.1. The summed E-state index contributed by atoms with van der Waals surface area (Å²) < 4.78 is 1.99. The van der Waals surface area contributed by atoms with Crippen LogP contribution in [0.25, 0.3) is 0 Å². The number of nitrogens with zero attached hydrogens (tertiary/aromatic N) is 3. The minimum absolute atomic E-state index is 0.241. The van der Waals surface area contributed by atoms with Crippen LogP contribution < -0.4 is 5.32 Å². The van der Waals surface area contributed by atoms with E-state index in [1.807, 2.05) is 24.9 Å². The van der Waals surface area contributed by atoms with Crippen molar-refractivity contribution in [2.45, 2.75) is 39.3 Å². The van der Waals surface area contributed by atoms with Gasteiger partial charge in [-0.05, 0) is 33.9 Å². The molecule has 1 unspecified atom stereocenters. The van der Waals surface area contributed by atoms with Crippen molar-refractivity contribution in [3.05, 3.63) is 34.0 Å². The number of hydrogen-bond acceptors (Lipinski definition) is 4. The zero-order chi connectivity index (χ0) is 13.1. The Kier molecular flexibility index (Phi) is 4.14. The van der Waals surface area contributed by atoms with Crippen molar-refractivity contribution < 1.29 is 0 Å². The van der Waals surface area contributed by atoms with Crippen LogP contribution in [0.15, 0.2) is 17.6 Å². The van der Waals surface area contributed by atoms with Crippen LogP contribution in [0.2, 0.25) is 0 Å². The van der Waals surface area contributed by atoms with E-state index in [0.29, 0.717) is 6.04 Å². The first-order valence-electron chi connectivity index (χ1n) is 6.23. The Balaban J connectivity index is 2.10. The Morgan fingerprint density at radius 1 is 1.44 bits per heavy atom. The predicted octanol–water partition coefficient (Wildman–Crippen LogP) is 2.73. The topological polar surface area (TPSA) is 42.7 Å². The molecule has 0 saturated carbocycles. The van der Waals surface area contributed by atoms with E-state index >= 15 is 0 Å². The molecule has 0 spiro atoms. The monoisotopic (exact) mass is 264 g/mol. The quantitative estimate of drug-likeness (QED) is 0.903. The van der Waals surface area contributed by atoms with Gasteiger partial charge in [-0.1, -0.05) is 0 Å². The molecule has 2 rings (SSSR count). The first-order valence-corrected chi connectivity index (χ1v) is 7.11. The van der Waals surface area contributed by atoms with E-state index in [2.05, 4.69) is 40.7 Å². The molecule has 98 valence electrons.